The molecule has 1 aliphatic rings. The summed E-state index contributed by atoms with van der Waals surface area (Å²) in [6.07, 6.45) is 3.39. The smallest absolute Gasteiger partial charge is 0.167 e. The van der Waals surface area contributed by atoms with Gasteiger partial charge in [0.25, 0.3) is 0 Å². The van der Waals surface area contributed by atoms with Crippen molar-refractivity contribution in [3.8, 4) is 0 Å². The van der Waals surface area contributed by atoms with Gasteiger partial charge in [-0.2, -0.15) is 11.3 Å². The Hall–Kier alpha value is -0.150. The van der Waals surface area contributed by atoms with Crippen molar-refractivity contribution in [1.29, 1.82) is 0 Å². The van der Waals surface area contributed by atoms with Crippen molar-refractivity contribution in [2.75, 3.05) is 0 Å². The highest BCUT2D eigenvalue weighted by Gasteiger charge is 2.27. The largest absolute Gasteiger partial charge is 0.294 e. The summed E-state index contributed by atoms with van der Waals surface area (Å²) in [5.41, 5.74) is 0.879. The Balaban J connectivity index is 2.19. The molecule has 1 aromatic heterocycles. The van der Waals surface area contributed by atoms with Crippen LogP contribution in [0.1, 0.15) is 29.6 Å². The zero-order valence-corrected chi connectivity index (χ0v) is 8.95. The number of halogens is 1. The molecular formula is C9H9BrOS. The van der Waals surface area contributed by atoms with Crippen LogP contribution in [0, 0.1) is 5.92 Å². The van der Waals surface area contributed by atoms with Crippen LogP contribution in [0.2, 0.25) is 0 Å². The Morgan fingerprint density at radius 1 is 1.50 bits per heavy atom. The third-order valence-corrected chi connectivity index (χ3v) is 4.06. The summed E-state index contributed by atoms with van der Waals surface area (Å²) in [4.78, 5) is 11.7. The van der Waals surface area contributed by atoms with E-state index in [-0.39, 0.29) is 0 Å². The van der Waals surface area contributed by atoms with E-state index in [9.17, 15) is 4.79 Å². The lowest BCUT2D eigenvalue weighted by Crippen LogP contribution is -2.21. The molecule has 3 heteroatoms. The number of hydrogen-bond donors (Lipinski definition) is 0. The summed E-state index contributed by atoms with van der Waals surface area (Å²) in [5, 5.41) is 3.90. The first kappa shape index (κ1) is 8.45. The average molecular weight is 245 g/mol. The zero-order chi connectivity index (χ0) is 8.55. The van der Waals surface area contributed by atoms with Crippen molar-refractivity contribution in [1.82, 2.24) is 0 Å². The molecule has 1 fully saturated rings. The number of thiophene rings is 1. The fraction of sp³-hybridized carbons (Fsp3) is 0.444. The van der Waals surface area contributed by atoms with Gasteiger partial charge in [0, 0.05) is 26.7 Å². The van der Waals surface area contributed by atoms with Crippen LogP contribution in [0.15, 0.2) is 15.2 Å². The predicted octanol–water partition coefficient (Wildman–Crippen LogP) is 3.49. The lowest BCUT2D eigenvalue weighted by molar-refractivity contribution is 0.0855. The molecule has 0 amide bonds. The van der Waals surface area contributed by atoms with Gasteiger partial charge >= 0.3 is 0 Å². The second kappa shape index (κ2) is 3.30. The molecule has 0 N–H and O–H groups in total. The molecule has 0 saturated heterocycles. The highest BCUT2D eigenvalue weighted by atomic mass is 79.9. The minimum absolute atomic E-state index is 0.316. The molecule has 0 unspecified atom stereocenters. The monoisotopic (exact) mass is 244 g/mol. The highest BCUT2D eigenvalue weighted by molar-refractivity contribution is 9.10. The molecular weight excluding hydrogens is 236 g/mol. The van der Waals surface area contributed by atoms with Gasteiger partial charge < -0.3 is 0 Å². The topological polar surface area (TPSA) is 17.1 Å². The fourth-order valence-corrected chi connectivity index (χ4v) is 2.83. The molecule has 0 bridgehead atoms. The van der Waals surface area contributed by atoms with Crippen LogP contribution in [0.5, 0.6) is 0 Å². The summed E-state index contributed by atoms with van der Waals surface area (Å²) >= 11 is 4.96. The molecule has 1 heterocycles. The van der Waals surface area contributed by atoms with Crippen LogP contribution in [0.3, 0.4) is 0 Å². The molecule has 0 atom stereocenters. The van der Waals surface area contributed by atoms with Crippen molar-refractivity contribution < 1.29 is 4.79 Å². The van der Waals surface area contributed by atoms with E-state index in [0.717, 1.165) is 22.9 Å². The van der Waals surface area contributed by atoms with E-state index in [4.69, 9.17) is 0 Å². The van der Waals surface area contributed by atoms with Gasteiger partial charge in [0.1, 0.15) is 0 Å². The fourth-order valence-electron chi connectivity index (χ4n) is 1.35. The number of carbonyl (C=O) groups is 1. The third kappa shape index (κ3) is 1.36. The molecule has 1 aliphatic carbocycles. The molecule has 2 rings (SSSR count). The molecule has 0 radical (unpaired) electrons. The molecule has 0 aliphatic heterocycles. The molecule has 1 aromatic rings. The lowest BCUT2D eigenvalue weighted by Gasteiger charge is -2.23. The van der Waals surface area contributed by atoms with Gasteiger partial charge in [-0.05, 0) is 28.8 Å². The summed E-state index contributed by atoms with van der Waals surface area (Å²) in [5.74, 6) is 0.644. The number of Topliss-reactive ketones (excluding diaryl/α,β-unsaturated/α-hetero) is 1. The van der Waals surface area contributed by atoms with E-state index in [2.05, 4.69) is 15.9 Å². The van der Waals surface area contributed by atoms with E-state index >= 15 is 0 Å². The number of hydrogen-bond acceptors (Lipinski definition) is 2. The Bertz CT molecular complexity index is 301. The van der Waals surface area contributed by atoms with Crippen LogP contribution >= 0.6 is 27.3 Å². The van der Waals surface area contributed by atoms with Crippen molar-refractivity contribution >= 4 is 33.0 Å². The molecule has 1 saturated carbocycles. The quantitative estimate of drug-likeness (QED) is 0.729. The summed E-state index contributed by atoms with van der Waals surface area (Å²) in [7, 11) is 0. The van der Waals surface area contributed by atoms with Gasteiger partial charge in [0.2, 0.25) is 0 Å². The van der Waals surface area contributed by atoms with Crippen molar-refractivity contribution in [2.24, 2.45) is 5.92 Å². The first-order valence-corrected chi connectivity index (χ1v) is 5.78. The maximum atomic E-state index is 11.7. The van der Waals surface area contributed by atoms with Crippen LogP contribution in [0.4, 0.5) is 0 Å². The molecule has 12 heavy (non-hydrogen) atoms. The van der Waals surface area contributed by atoms with Crippen molar-refractivity contribution in [2.45, 2.75) is 19.3 Å². The van der Waals surface area contributed by atoms with E-state index in [1.165, 1.54) is 6.42 Å². The maximum Gasteiger partial charge on any atom is 0.167 e. The Morgan fingerprint density at radius 3 is 2.67 bits per heavy atom. The third-order valence-electron chi connectivity index (χ3n) is 2.36. The second-order valence-corrected chi connectivity index (χ2v) is 4.72. The van der Waals surface area contributed by atoms with E-state index in [1.807, 2.05) is 10.8 Å². The van der Waals surface area contributed by atoms with Gasteiger partial charge in [0.05, 0.1) is 0 Å². The van der Waals surface area contributed by atoms with Crippen LogP contribution in [0.25, 0.3) is 0 Å². The molecule has 64 valence electrons. The Morgan fingerprint density at radius 2 is 2.25 bits per heavy atom. The summed E-state index contributed by atoms with van der Waals surface area (Å²) in [6.45, 7) is 0. The summed E-state index contributed by atoms with van der Waals surface area (Å²) < 4.78 is 0.962. The molecule has 0 spiro atoms. The van der Waals surface area contributed by atoms with Gasteiger partial charge in [0.15, 0.2) is 5.78 Å². The standard InChI is InChI=1S/C9H9BrOS/c10-8-5-12-4-7(8)9(11)6-2-1-3-6/h4-6H,1-3H2. The lowest BCUT2D eigenvalue weighted by atomic mass is 9.80. The van der Waals surface area contributed by atoms with Crippen molar-refractivity contribution in [3.63, 3.8) is 0 Å². The van der Waals surface area contributed by atoms with E-state index < -0.39 is 0 Å². The van der Waals surface area contributed by atoms with Crippen LogP contribution in [-0.2, 0) is 0 Å². The predicted molar refractivity (Wildman–Crippen MR) is 53.7 cm³/mol. The van der Waals surface area contributed by atoms with Gasteiger partial charge in [-0.3, -0.25) is 4.79 Å². The van der Waals surface area contributed by atoms with E-state index in [0.29, 0.717) is 11.7 Å². The Labute approximate surface area is 83.9 Å². The normalized spacial score (nSPS) is 17.4. The number of carbonyl (C=O) groups excluding carboxylic acids is 1. The average Bonchev–Trinajstić information content (AvgIpc) is 2.31. The first-order valence-electron chi connectivity index (χ1n) is 4.05. The van der Waals surface area contributed by atoms with Gasteiger partial charge in [-0.25, -0.2) is 0 Å². The van der Waals surface area contributed by atoms with E-state index in [1.54, 1.807) is 11.3 Å². The Kier molecular flexibility index (Phi) is 2.33. The molecule has 0 aromatic carbocycles. The van der Waals surface area contributed by atoms with Crippen molar-refractivity contribution in [3.05, 3.63) is 20.8 Å². The van der Waals surface area contributed by atoms with Crippen LogP contribution < -0.4 is 0 Å². The minimum atomic E-state index is 0.316. The zero-order valence-electron chi connectivity index (χ0n) is 6.55. The van der Waals surface area contributed by atoms with Gasteiger partial charge in [-0.15, -0.1) is 0 Å². The summed E-state index contributed by atoms with van der Waals surface area (Å²) in [6, 6.07) is 0. The van der Waals surface area contributed by atoms with Gasteiger partial charge in [-0.1, -0.05) is 6.42 Å². The van der Waals surface area contributed by atoms with Crippen LogP contribution in [-0.4, -0.2) is 5.78 Å². The minimum Gasteiger partial charge on any atom is -0.294 e. The SMILES string of the molecule is O=C(c1cscc1Br)C1CCC1. The molecule has 1 nitrogen and oxygen atoms in total. The highest BCUT2D eigenvalue weighted by Crippen LogP contribution is 2.33. The number of rotatable bonds is 2. The maximum absolute atomic E-state index is 11.7. The first-order chi connectivity index (χ1) is 5.79. The second-order valence-electron chi connectivity index (χ2n) is 3.13. The number of ketones is 1.